The second-order valence-corrected chi connectivity index (χ2v) is 8.01. The molecule has 1 fully saturated rings. The predicted molar refractivity (Wildman–Crippen MR) is 115 cm³/mol. The van der Waals surface area contributed by atoms with Gasteiger partial charge in [0.2, 0.25) is 11.8 Å². The van der Waals surface area contributed by atoms with E-state index in [2.05, 4.69) is 10.4 Å². The smallest absolute Gasteiger partial charge is 0.291 e. The zero-order valence-electron chi connectivity index (χ0n) is 17.6. The van der Waals surface area contributed by atoms with Gasteiger partial charge in [0.15, 0.2) is 0 Å². The second-order valence-electron chi connectivity index (χ2n) is 8.01. The number of rotatable bonds is 4. The number of carbonyl (C=O) groups excluding carboxylic acids is 2. The molecule has 1 N–H and O–H groups in total. The summed E-state index contributed by atoms with van der Waals surface area (Å²) in [6, 6.07) is 6.30. The Kier molecular flexibility index (Phi) is 5.32. The number of aryl methyl sites for hydroxylation is 1. The van der Waals surface area contributed by atoms with Crippen molar-refractivity contribution in [3.05, 3.63) is 40.8 Å². The Morgan fingerprint density at radius 1 is 1.07 bits per heavy atom. The van der Waals surface area contributed by atoms with Crippen LogP contribution in [0.4, 0.5) is 0 Å². The fraction of sp³-hybridized carbons (Fsp3) is 0.455. The SMILES string of the molecule is C[C@H](NC(=O)[C@H](C)n1c2ccccc2c2cnn(C)c(=O)c21)C(=O)N1CCCCC1. The van der Waals surface area contributed by atoms with Crippen molar-refractivity contribution in [3.63, 3.8) is 0 Å². The number of para-hydroxylation sites is 1. The van der Waals surface area contributed by atoms with Crippen molar-refractivity contribution in [2.75, 3.05) is 13.1 Å². The summed E-state index contributed by atoms with van der Waals surface area (Å²) in [6.45, 7) is 4.95. The lowest BCUT2D eigenvalue weighted by atomic mass is 10.1. The van der Waals surface area contributed by atoms with Crippen LogP contribution < -0.4 is 10.9 Å². The highest BCUT2D eigenvalue weighted by Crippen LogP contribution is 2.29. The number of benzene rings is 1. The number of piperidine rings is 1. The van der Waals surface area contributed by atoms with Crippen LogP contribution in [0, 0.1) is 0 Å². The molecular formula is C22H27N5O3. The van der Waals surface area contributed by atoms with Gasteiger partial charge >= 0.3 is 0 Å². The average Bonchev–Trinajstić information content (AvgIpc) is 3.10. The number of hydrogen-bond donors (Lipinski definition) is 1. The number of hydrogen-bond acceptors (Lipinski definition) is 4. The molecule has 8 heteroatoms. The van der Waals surface area contributed by atoms with Gasteiger partial charge in [0, 0.05) is 30.9 Å². The van der Waals surface area contributed by atoms with Crippen LogP contribution in [0.3, 0.4) is 0 Å². The minimum Gasteiger partial charge on any atom is -0.343 e. The number of amides is 2. The topological polar surface area (TPSA) is 89.2 Å². The van der Waals surface area contributed by atoms with Crippen molar-refractivity contribution in [1.29, 1.82) is 0 Å². The van der Waals surface area contributed by atoms with Gasteiger partial charge in [-0.2, -0.15) is 5.10 Å². The van der Waals surface area contributed by atoms with E-state index in [1.165, 1.54) is 4.68 Å². The Hall–Kier alpha value is -3.16. The van der Waals surface area contributed by atoms with Crippen LogP contribution in [0.1, 0.15) is 39.2 Å². The number of carbonyl (C=O) groups is 2. The Bertz CT molecular complexity index is 1170. The monoisotopic (exact) mass is 409 g/mol. The molecule has 4 rings (SSSR count). The van der Waals surface area contributed by atoms with Crippen LogP contribution in [0.2, 0.25) is 0 Å². The van der Waals surface area contributed by atoms with Gasteiger partial charge in [-0.25, -0.2) is 4.68 Å². The van der Waals surface area contributed by atoms with Crippen LogP contribution >= 0.6 is 0 Å². The van der Waals surface area contributed by atoms with Crippen molar-refractivity contribution in [2.45, 2.75) is 45.2 Å². The van der Waals surface area contributed by atoms with Gasteiger partial charge < -0.3 is 14.8 Å². The summed E-state index contributed by atoms with van der Waals surface area (Å²) < 4.78 is 3.02. The summed E-state index contributed by atoms with van der Waals surface area (Å²) in [4.78, 5) is 40.5. The molecule has 0 aliphatic carbocycles. The van der Waals surface area contributed by atoms with Gasteiger partial charge in [-0.15, -0.1) is 0 Å². The minimum atomic E-state index is -0.667. The summed E-state index contributed by atoms with van der Waals surface area (Å²) in [5.41, 5.74) is 0.961. The summed E-state index contributed by atoms with van der Waals surface area (Å²) in [5, 5.41) is 8.57. The molecule has 0 unspecified atom stereocenters. The van der Waals surface area contributed by atoms with Crippen molar-refractivity contribution >= 4 is 33.6 Å². The first-order chi connectivity index (χ1) is 14.4. The molecule has 158 valence electrons. The van der Waals surface area contributed by atoms with Crippen molar-refractivity contribution in [1.82, 2.24) is 24.6 Å². The Labute approximate surface area is 174 Å². The molecule has 2 aromatic heterocycles. The van der Waals surface area contributed by atoms with Crippen molar-refractivity contribution in [3.8, 4) is 0 Å². The van der Waals surface area contributed by atoms with E-state index >= 15 is 0 Å². The van der Waals surface area contributed by atoms with Crippen LogP contribution in [0.25, 0.3) is 21.8 Å². The van der Waals surface area contributed by atoms with E-state index < -0.39 is 12.1 Å². The minimum absolute atomic E-state index is 0.0578. The first-order valence-corrected chi connectivity index (χ1v) is 10.4. The van der Waals surface area contributed by atoms with E-state index in [9.17, 15) is 14.4 Å². The maximum atomic E-state index is 13.1. The fourth-order valence-corrected chi connectivity index (χ4v) is 4.29. The molecule has 1 aromatic carbocycles. The Morgan fingerprint density at radius 3 is 2.50 bits per heavy atom. The summed E-state index contributed by atoms with van der Waals surface area (Å²) in [5.74, 6) is -0.355. The molecule has 1 aliphatic heterocycles. The van der Waals surface area contributed by atoms with E-state index in [1.54, 1.807) is 31.7 Å². The lowest BCUT2D eigenvalue weighted by Crippen LogP contribution is -2.49. The van der Waals surface area contributed by atoms with Crippen LogP contribution in [0.5, 0.6) is 0 Å². The highest BCUT2D eigenvalue weighted by atomic mass is 16.2. The van der Waals surface area contributed by atoms with Gasteiger partial charge in [-0.1, -0.05) is 18.2 Å². The van der Waals surface area contributed by atoms with E-state index in [0.29, 0.717) is 10.9 Å². The number of nitrogens with one attached hydrogen (secondary N) is 1. The van der Waals surface area contributed by atoms with Crippen LogP contribution in [-0.2, 0) is 16.6 Å². The Morgan fingerprint density at radius 2 is 1.77 bits per heavy atom. The molecule has 0 spiro atoms. The van der Waals surface area contributed by atoms with Crippen molar-refractivity contribution < 1.29 is 9.59 Å². The van der Waals surface area contributed by atoms with Crippen LogP contribution in [-0.4, -0.2) is 50.2 Å². The summed E-state index contributed by atoms with van der Waals surface area (Å²) in [6.07, 6.45) is 4.80. The summed E-state index contributed by atoms with van der Waals surface area (Å²) in [7, 11) is 1.59. The molecule has 1 saturated heterocycles. The van der Waals surface area contributed by atoms with Crippen LogP contribution in [0.15, 0.2) is 35.3 Å². The van der Waals surface area contributed by atoms with E-state index in [0.717, 1.165) is 43.3 Å². The third-order valence-electron chi connectivity index (χ3n) is 5.97. The molecule has 2 atom stereocenters. The number of likely N-dealkylation sites (tertiary alicyclic amines) is 1. The number of fused-ring (bicyclic) bond motifs is 3. The molecule has 2 amide bonds. The zero-order valence-corrected chi connectivity index (χ0v) is 17.6. The van der Waals surface area contributed by atoms with Gasteiger partial charge in [-0.05, 0) is 39.2 Å². The molecule has 3 aromatic rings. The highest BCUT2D eigenvalue weighted by molar-refractivity contribution is 6.08. The standard InChI is InChI=1S/C22H27N5O3/c1-14(21(29)26-11-7-4-8-12-26)24-20(28)15(2)27-18-10-6-5-9-16(18)17-13-23-25(3)22(30)19(17)27/h5-6,9-10,13-15H,4,7-8,11-12H2,1-3H3,(H,24,28)/t14-,15-/m0/s1. The fourth-order valence-electron chi connectivity index (χ4n) is 4.29. The number of nitrogens with zero attached hydrogens (tertiary/aromatic N) is 4. The number of aromatic nitrogens is 3. The van der Waals surface area contributed by atoms with Crippen molar-refractivity contribution in [2.24, 2.45) is 7.05 Å². The van der Waals surface area contributed by atoms with E-state index in [1.807, 2.05) is 29.2 Å². The quantitative estimate of drug-likeness (QED) is 0.713. The summed E-state index contributed by atoms with van der Waals surface area (Å²) >= 11 is 0. The average molecular weight is 409 g/mol. The third-order valence-corrected chi connectivity index (χ3v) is 5.97. The lowest BCUT2D eigenvalue weighted by Gasteiger charge is -2.30. The first kappa shape index (κ1) is 20.1. The molecule has 0 saturated carbocycles. The molecule has 0 radical (unpaired) electrons. The molecule has 1 aliphatic rings. The van der Waals surface area contributed by atoms with Gasteiger partial charge in [0.25, 0.3) is 5.56 Å². The maximum Gasteiger partial charge on any atom is 0.291 e. The molecule has 0 bridgehead atoms. The van der Waals surface area contributed by atoms with E-state index in [4.69, 9.17) is 0 Å². The maximum absolute atomic E-state index is 13.1. The largest absolute Gasteiger partial charge is 0.343 e. The molecular weight excluding hydrogens is 382 g/mol. The van der Waals surface area contributed by atoms with Gasteiger partial charge in [-0.3, -0.25) is 14.4 Å². The first-order valence-electron chi connectivity index (χ1n) is 10.4. The van der Waals surface area contributed by atoms with Gasteiger partial charge in [0.1, 0.15) is 17.6 Å². The van der Waals surface area contributed by atoms with Gasteiger partial charge in [0.05, 0.1) is 11.7 Å². The highest BCUT2D eigenvalue weighted by Gasteiger charge is 2.27. The normalized spacial score (nSPS) is 16.6. The predicted octanol–water partition coefficient (Wildman–Crippen LogP) is 1.97. The zero-order chi connectivity index (χ0) is 21.4. The second kappa shape index (κ2) is 7.93. The Balaban J connectivity index is 1.67. The molecule has 8 nitrogen and oxygen atoms in total. The molecule has 3 heterocycles. The molecule has 30 heavy (non-hydrogen) atoms. The third kappa shape index (κ3) is 3.36. The van der Waals surface area contributed by atoms with E-state index in [-0.39, 0.29) is 17.4 Å². The lowest BCUT2D eigenvalue weighted by molar-refractivity contribution is -0.137.